The van der Waals surface area contributed by atoms with Crippen molar-refractivity contribution in [2.45, 2.75) is 12.6 Å². The number of hydrogen-bond donors (Lipinski definition) is 2. The van der Waals surface area contributed by atoms with Gasteiger partial charge in [-0.25, -0.2) is 14.1 Å². The number of amides is 1. The van der Waals surface area contributed by atoms with Crippen LogP contribution in [0.15, 0.2) is 65.8 Å². The molecule has 0 saturated carbocycles. The number of fused-ring (bicyclic) bond motifs is 1. The Balaban J connectivity index is 1.57. The van der Waals surface area contributed by atoms with Gasteiger partial charge in [0, 0.05) is 24.2 Å². The van der Waals surface area contributed by atoms with Crippen LogP contribution in [0.25, 0.3) is 16.6 Å². The summed E-state index contributed by atoms with van der Waals surface area (Å²) in [5.74, 6) is -0.819. The molecular formula is C20H15BrFN5O2. The molecule has 1 aromatic carbocycles. The summed E-state index contributed by atoms with van der Waals surface area (Å²) in [5.41, 5.74) is 2.34. The number of rotatable bonds is 5. The molecule has 7 nitrogen and oxygen atoms in total. The Kier molecular flexibility index (Phi) is 5.32. The van der Waals surface area contributed by atoms with Crippen molar-refractivity contribution in [2.24, 2.45) is 0 Å². The average molecular weight is 456 g/mol. The molecule has 1 amide bonds. The van der Waals surface area contributed by atoms with Crippen LogP contribution < -0.4 is 5.32 Å². The van der Waals surface area contributed by atoms with Crippen LogP contribution in [0.1, 0.15) is 15.9 Å². The first-order valence-electron chi connectivity index (χ1n) is 8.68. The lowest BCUT2D eigenvalue weighted by molar-refractivity contribution is 0.0787. The number of carbonyl (C=O) groups excluding carboxylic acids is 1. The van der Waals surface area contributed by atoms with Crippen LogP contribution in [0.3, 0.4) is 0 Å². The van der Waals surface area contributed by atoms with Crippen LogP contribution >= 0.6 is 15.9 Å². The van der Waals surface area contributed by atoms with Crippen LogP contribution in [-0.4, -0.2) is 37.0 Å². The second-order valence-corrected chi connectivity index (χ2v) is 7.15. The highest BCUT2D eigenvalue weighted by molar-refractivity contribution is 9.10. The molecular weight excluding hydrogens is 441 g/mol. The van der Waals surface area contributed by atoms with Gasteiger partial charge in [-0.3, -0.25) is 9.78 Å². The van der Waals surface area contributed by atoms with E-state index in [1.165, 1.54) is 18.3 Å². The minimum absolute atomic E-state index is 0.227. The van der Waals surface area contributed by atoms with Crippen LogP contribution in [0.4, 0.5) is 4.39 Å². The van der Waals surface area contributed by atoms with Crippen molar-refractivity contribution in [1.29, 1.82) is 0 Å². The van der Waals surface area contributed by atoms with E-state index in [0.29, 0.717) is 21.2 Å². The highest BCUT2D eigenvalue weighted by Gasteiger charge is 2.17. The van der Waals surface area contributed by atoms with Gasteiger partial charge in [-0.05, 0) is 57.9 Å². The number of hydrogen-bond acceptors (Lipinski definition) is 5. The maximum atomic E-state index is 13.2. The molecule has 0 bridgehead atoms. The van der Waals surface area contributed by atoms with Crippen molar-refractivity contribution < 1.29 is 14.3 Å². The largest absolute Gasteiger partial charge is 0.373 e. The van der Waals surface area contributed by atoms with Crippen LogP contribution in [-0.2, 0) is 6.42 Å². The fraction of sp³-hybridized carbons (Fsp3) is 0.100. The average Bonchev–Trinajstić information content (AvgIpc) is 3.12. The van der Waals surface area contributed by atoms with Crippen molar-refractivity contribution >= 4 is 32.7 Å². The number of aliphatic hydroxyl groups excluding tert-OH is 1. The normalized spacial score (nSPS) is 12.1. The van der Waals surface area contributed by atoms with Crippen LogP contribution in [0, 0.1) is 5.82 Å². The van der Waals surface area contributed by atoms with E-state index in [9.17, 15) is 14.3 Å². The number of nitrogens with one attached hydrogen (secondary N) is 1. The molecule has 0 saturated heterocycles. The minimum atomic E-state index is -1.08. The minimum Gasteiger partial charge on any atom is -0.373 e. The van der Waals surface area contributed by atoms with E-state index in [-0.39, 0.29) is 17.8 Å². The number of aromatic nitrogens is 4. The molecule has 0 spiro atoms. The van der Waals surface area contributed by atoms with E-state index in [4.69, 9.17) is 0 Å². The Labute approximate surface area is 173 Å². The zero-order valence-electron chi connectivity index (χ0n) is 15.0. The Hall–Kier alpha value is -3.17. The Bertz CT molecular complexity index is 1180. The van der Waals surface area contributed by atoms with Gasteiger partial charge in [-0.15, -0.1) is 0 Å². The Morgan fingerprint density at radius 2 is 2.00 bits per heavy atom. The monoisotopic (exact) mass is 455 g/mol. The number of pyridine rings is 2. The number of nitrogens with zero attached hydrogens (tertiary/aromatic N) is 4. The quantitative estimate of drug-likeness (QED) is 0.356. The molecule has 146 valence electrons. The molecule has 0 fully saturated rings. The van der Waals surface area contributed by atoms with Crippen LogP contribution in [0.2, 0.25) is 0 Å². The maximum Gasteiger partial charge on any atom is 0.255 e. The summed E-state index contributed by atoms with van der Waals surface area (Å²) in [7, 11) is 0. The van der Waals surface area contributed by atoms with Gasteiger partial charge in [0.25, 0.3) is 5.91 Å². The van der Waals surface area contributed by atoms with E-state index < -0.39 is 12.1 Å². The van der Waals surface area contributed by atoms with Gasteiger partial charge in [-0.1, -0.05) is 0 Å². The molecule has 4 aromatic rings. The first-order chi connectivity index (χ1) is 14.0. The zero-order chi connectivity index (χ0) is 20.4. The summed E-state index contributed by atoms with van der Waals surface area (Å²) in [6.45, 7) is 0. The third kappa shape index (κ3) is 4.15. The molecule has 1 atom stereocenters. The lowest BCUT2D eigenvalue weighted by Crippen LogP contribution is -2.36. The summed E-state index contributed by atoms with van der Waals surface area (Å²) in [6, 6.07) is 9.37. The summed E-state index contributed by atoms with van der Waals surface area (Å²) in [5, 5.41) is 17.7. The first kappa shape index (κ1) is 19.2. The second kappa shape index (κ2) is 8.06. The molecule has 2 N–H and O–H groups in total. The van der Waals surface area contributed by atoms with Crippen molar-refractivity contribution in [2.75, 3.05) is 0 Å². The highest BCUT2D eigenvalue weighted by Crippen LogP contribution is 2.21. The molecule has 0 radical (unpaired) electrons. The molecule has 0 aliphatic heterocycles. The summed E-state index contributed by atoms with van der Waals surface area (Å²) >= 11 is 3.27. The number of halogens is 2. The second-order valence-electron chi connectivity index (χ2n) is 6.33. The molecule has 29 heavy (non-hydrogen) atoms. The van der Waals surface area contributed by atoms with Gasteiger partial charge in [0.05, 0.1) is 29.2 Å². The standard InChI is InChI=1S/C20H15BrFN5O2/c21-18-7-12(5-6-24-18)8-19(28)26-20(29)16-9-23-11-17-15(16)10-25-27(17)14-3-1-13(22)2-4-14/h1-7,9-11,19,28H,8H2,(H,26,29)/t19-/m1/s1. The molecule has 9 heteroatoms. The van der Waals surface area contributed by atoms with Gasteiger partial charge in [0.2, 0.25) is 0 Å². The van der Waals surface area contributed by atoms with Gasteiger partial charge in [-0.2, -0.15) is 5.10 Å². The molecule has 3 heterocycles. The fourth-order valence-electron chi connectivity index (χ4n) is 2.98. The lowest BCUT2D eigenvalue weighted by Gasteiger charge is -2.13. The topological polar surface area (TPSA) is 92.9 Å². The van der Waals surface area contributed by atoms with Crippen molar-refractivity contribution in [3.8, 4) is 5.69 Å². The van der Waals surface area contributed by atoms with E-state index >= 15 is 0 Å². The van der Waals surface area contributed by atoms with Gasteiger partial charge in [0.15, 0.2) is 0 Å². The lowest BCUT2D eigenvalue weighted by atomic mass is 10.1. The molecule has 3 aromatic heterocycles. The number of benzene rings is 1. The van der Waals surface area contributed by atoms with E-state index in [1.807, 2.05) is 0 Å². The van der Waals surface area contributed by atoms with Gasteiger partial charge < -0.3 is 10.4 Å². The Morgan fingerprint density at radius 1 is 1.21 bits per heavy atom. The van der Waals surface area contributed by atoms with E-state index in [1.54, 1.807) is 47.5 Å². The first-order valence-corrected chi connectivity index (χ1v) is 9.47. The maximum absolute atomic E-state index is 13.2. The van der Waals surface area contributed by atoms with Crippen molar-refractivity contribution in [3.05, 3.63) is 82.7 Å². The molecule has 4 rings (SSSR count). The van der Waals surface area contributed by atoms with Gasteiger partial charge in [0.1, 0.15) is 16.6 Å². The predicted molar refractivity (Wildman–Crippen MR) is 108 cm³/mol. The SMILES string of the molecule is O=C(N[C@H](O)Cc1ccnc(Br)c1)c1cncc2c1cnn2-c1ccc(F)cc1. The molecule has 0 aliphatic carbocycles. The van der Waals surface area contributed by atoms with Gasteiger partial charge >= 0.3 is 0 Å². The third-order valence-electron chi connectivity index (χ3n) is 4.33. The van der Waals surface area contributed by atoms with Crippen molar-refractivity contribution in [3.63, 3.8) is 0 Å². The summed E-state index contributed by atoms with van der Waals surface area (Å²) in [4.78, 5) is 20.8. The highest BCUT2D eigenvalue weighted by atomic mass is 79.9. The van der Waals surface area contributed by atoms with E-state index in [2.05, 4.69) is 36.3 Å². The summed E-state index contributed by atoms with van der Waals surface area (Å²) in [6.07, 6.45) is 5.30. The van der Waals surface area contributed by atoms with Crippen molar-refractivity contribution in [1.82, 2.24) is 25.1 Å². The summed E-state index contributed by atoms with van der Waals surface area (Å²) < 4.78 is 15.4. The number of carbonyl (C=O) groups is 1. The smallest absolute Gasteiger partial charge is 0.255 e. The predicted octanol–water partition coefficient (Wildman–Crippen LogP) is 3.01. The molecule has 0 aliphatic rings. The third-order valence-corrected chi connectivity index (χ3v) is 4.76. The van der Waals surface area contributed by atoms with E-state index in [0.717, 1.165) is 5.56 Å². The number of aliphatic hydroxyl groups is 1. The molecule has 0 unspecified atom stereocenters. The Morgan fingerprint density at radius 3 is 2.76 bits per heavy atom. The fourth-order valence-corrected chi connectivity index (χ4v) is 3.40. The zero-order valence-corrected chi connectivity index (χ0v) is 16.5. The van der Waals surface area contributed by atoms with Crippen LogP contribution in [0.5, 0.6) is 0 Å².